The van der Waals surface area contributed by atoms with Crippen LogP contribution in [0.25, 0.3) is 0 Å². The molecule has 1 atom stereocenters. The van der Waals surface area contributed by atoms with Crippen LogP contribution in [0, 0.1) is 0 Å². The van der Waals surface area contributed by atoms with E-state index in [1.807, 2.05) is 0 Å². The predicted octanol–water partition coefficient (Wildman–Crippen LogP) is 2.60. The maximum Gasteiger partial charge on any atom is 0.416 e. The fraction of sp³-hybridized carbons (Fsp3) is 0.300. The fourth-order valence-corrected chi connectivity index (χ4v) is 1.21. The second-order valence-electron chi connectivity index (χ2n) is 3.33. The quantitative estimate of drug-likeness (QED) is 0.826. The number of phenols is 1. The van der Waals surface area contributed by atoms with Gasteiger partial charge in [-0.05, 0) is 25.1 Å². The summed E-state index contributed by atoms with van der Waals surface area (Å²) in [7, 11) is 0. The summed E-state index contributed by atoms with van der Waals surface area (Å²) >= 11 is 0. The van der Waals surface area contributed by atoms with Crippen molar-refractivity contribution in [1.82, 2.24) is 0 Å². The van der Waals surface area contributed by atoms with Crippen molar-refractivity contribution < 1.29 is 28.2 Å². The van der Waals surface area contributed by atoms with Gasteiger partial charge in [0.05, 0.1) is 11.5 Å². The van der Waals surface area contributed by atoms with Crippen molar-refractivity contribution in [3.63, 3.8) is 0 Å². The second-order valence-corrected chi connectivity index (χ2v) is 3.33. The van der Waals surface area contributed by atoms with E-state index in [0.29, 0.717) is 12.1 Å². The summed E-state index contributed by atoms with van der Waals surface area (Å²) in [6.45, 7) is 1.21. The van der Waals surface area contributed by atoms with Crippen LogP contribution in [-0.2, 0) is 11.0 Å². The molecular weight excluding hydrogens is 225 g/mol. The molecular formula is C10H9F3O3. The van der Waals surface area contributed by atoms with Crippen LogP contribution >= 0.6 is 0 Å². The van der Waals surface area contributed by atoms with E-state index in [1.54, 1.807) is 0 Å². The van der Waals surface area contributed by atoms with Gasteiger partial charge >= 0.3 is 12.1 Å². The number of carboxylic acid groups (broad SMARTS) is 1. The molecule has 0 aliphatic heterocycles. The van der Waals surface area contributed by atoms with Crippen LogP contribution in [0.2, 0.25) is 0 Å². The van der Waals surface area contributed by atoms with Crippen molar-refractivity contribution in [3.8, 4) is 5.75 Å². The molecule has 0 saturated heterocycles. The molecule has 1 aromatic rings. The topological polar surface area (TPSA) is 57.5 Å². The van der Waals surface area contributed by atoms with Gasteiger partial charge in [0.25, 0.3) is 0 Å². The lowest BCUT2D eigenvalue weighted by molar-refractivity contribution is -0.140. The molecule has 0 amide bonds. The van der Waals surface area contributed by atoms with Crippen LogP contribution < -0.4 is 0 Å². The highest BCUT2D eigenvalue weighted by Gasteiger charge is 2.32. The highest BCUT2D eigenvalue weighted by Crippen LogP contribution is 2.34. The van der Waals surface area contributed by atoms with Gasteiger partial charge in [0.2, 0.25) is 0 Å². The van der Waals surface area contributed by atoms with Crippen LogP contribution in [0.1, 0.15) is 24.0 Å². The lowest BCUT2D eigenvalue weighted by atomic mass is 9.98. The highest BCUT2D eigenvalue weighted by atomic mass is 19.4. The van der Waals surface area contributed by atoms with E-state index in [2.05, 4.69) is 0 Å². The van der Waals surface area contributed by atoms with Gasteiger partial charge in [0.15, 0.2) is 0 Å². The Morgan fingerprint density at radius 1 is 1.38 bits per heavy atom. The van der Waals surface area contributed by atoms with E-state index in [1.165, 1.54) is 6.92 Å². The summed E-state index contributed by atoms with van der Waals surface area (Å²) in [4.78, 5) is 10.6. The third-order valence-corrected chi connectivity index (χ3v) is 2.19. The number of halogens is 3. The first-order chi connectivity index (χ1) is 7.23. The zero-order valence-corrected chi connectivity index (χ0v) is 8.25. The molecule has 0 spiro atoms. The Balaban J connectivity index is 3.24. The summed E-state index contributed by atoms with van der Waals surface area (Å²) in [5, 5.41) is 18.0. The van der Waals surface area contributed by atoms with Gasteiger partial charge in [-0.15, -0.1) is 0 Å². The van der Waals surface area contributed by atoms with E-state index >= 15 is 0 Å². The molecule has 6 heteroatoms. The smallest absolute Gasteiger partial charge is 0.416 e. The van der Waals surface area contributed by atoms with Crippen molar-refractivity contribution in [2.24, 2.45) is 0 Å². The van der Waals surface area contributed by atoms with Crippen LogP contribution in [0.15, 0.2) is 18.2 Å². The monoisotopic (exact) mass is 234 g/mol. The SMILES string of the molecule is CC(C(=O)O)c1cc(C(F)(F)F)ccc1O. The predicted molar refractivity (Wildman–Crippen MR) is 49.2 cm³/mol. The number of hydrogen-bond donors (Lipinski definition) is 2. The van der Waals surface area contributed by atoms with Crippen LogP contribution in [-0.4, -0.2) is 16.2 Å². The summed E-state index contributed by atoms with van der Waals surface area (Å²) in [6.07, 6.45) is -4.55. The Bertz CT molecular complexity index is 412. The zero-order valence-electron chi connectivity index (χ0n) is 8.25. The maximum absolute atomic E-state index is 12.3. The Kier molecular flexibility index (Phi) is 3.11. The summed E-state index contributed by atoms with van der Waals surface area (Å²) in [5.74, 6) is -2.94. The molecule has 3 nitrogen and oxygen atoms in total. The summed E-state index contributed by atoms with van der Waals surface area (Å²) in [6, 6.07) is 2.19. The van der Waals surface area contributed by atoms with E-state index in [-0.39, 0.29) is 5.56 Å². The molecule has 1 rings (SSSR count). The van der Waals surface area contributed by atoms with Gasteiger partial charge in [-0.1, -0.05) is 0 Å². The third-order valence-electron chi connectivity index (χ3n) is 2.19. The lowest BCUT2D eigenvalue weighted by Crippen LogP contribution is -2.10. The van der Waals surface area contributed by atoms with Crippen molar-refractivity contribution in [2.45, 2.75) is 19.0 Å². The molecule has 1 unspecified atom stereocenters. The zero-order chi connectivity index (χ0) is 12.5. The number of rotatable bonds is 2. The molecule has 1 aromatic carbocycles. The largest absolute Gasteiger partial charge is 0.508 e. The van der Waals surface area contributed by atoms with Crippen molar-refractivity contribution in [3.05, 3.63) is 29.3 Å². The minimum Gasteiger partial charge on any atom is -0.508 e. The first-order valence-electron chi connectivity index (χ1n) is 4.36. The van der Waals surface area contributed by atoms with Gasteiger partial charge in [-0.2, -0.15) is 13.2 Å². The Morgan fingerprint density at radius 2 is 1.94 bits per heavy atom. The van der Waals surface area contributed by atoms with E-state index < -0.39 is 29.4 Å². The molecule has 0 aliphatic rings. The third kappa shape index (κ3) is 2.44. The molecule has 0 aliphatic carbocycles. The van der Waals surface area contributed by atoms with E-state index in [0.717, 1.165) is 6.07 Å². The summed E-state index contributed by atoms with van der Waals surface area (Å²) in [5.41, 5.74) is -1.23. The fourth-order valence-electron chi connectivity index (χ4n) is 1.21. The van der Waals surface area contributed by atoms with Crippen LogP contribution in [0.3, 0.4) is 0 Å². The number of aliphatic carboxylic acids is 1. The molecule has 0 fully saturated rings. The molecule has 0 bridgehead atoms. The van der Waals surface area contributed by atoms with Crippen molar-refractivity contribution >= 4 is 5.97 Å². The number of phenolic OH excluding ortho intramolecular Hbond substituents is 1. The molecule has 2 N–H and O–H groups in total. The van der Waals surface area contributed by atoms with Gasteiger partial charge < -0.3 is 10.2 Å². The van der Waals surface area contributed by atoms with Crippen molar-refractivity contribution in [1.29, 1.82) is 0 Å². The Labute approximate surface area is 89.1 Å². The van der Waals surface area contributed by atoms with E-state index in [9.17, 15) is 23.1 Å². The van der Waals surface area contributed by atoms with Gasteiger partial charge in [-0.25, -0.2) is 0 Å². The van der Waals surface area contributed by atoms with Crippen LogP contribution in [0.5, 0.6) is 5.75 Å². The Morgan fingerprint density at radius 3 is 2.38 bits per heavy atom. The lowest BCUT2D eigenvalue weighted by Gasteiger charge is -2.12. The van der Waals surface area contributed by atoms with Crippen molar-refractivity contribution in [2.75, 3.05) is 0 Å². The molecule has 0 heterocycles. The van der Waals surface area contributed by atoms with Crippen LogP contribution in [0.4, 0.5) is 13.2 Å². The Hall–Kier alpha value is -1.72. The minimum absolute atomic E-state index is 0.248. The number of alkyl halides is 3. The highest BCUT2D eigenvalue weighted by molar-refractivity contribution is 5.76. The number of carboxylic acids is 1. The van der Waals surface area contributed by atoms with Gasteiger partial charge in [0, 0.05) is 5.56 Å². The molecule has 0 aromatic heterocycles. The molecule has 16 heavy (non-hydrogen) atoms. The molecule has 88 valence electrons. The molecule has 0 saturated carbocycles. The average Bonchev–Trinajstić information content (AvgIpc) is 2.15. The standard InChI is InChI=1S/C10H9F3O3/c1-5(9(15)16)7-4-6(10(11,12)13)2-3-8(7)14/h2-5,14H,1H3,(H,15,16). The molecule has 0 radical (unpaired) electrons. The first kappa shape index (κ1) is 12.4. The number of benzene rings is 1. The average molecular weight is 234 g/mol. The van der Waals surface area contributed by atoms with Gasteiger partial charge in [0.1, 0.15) is 5.75 Å². The minimum atomic E-state index is -4.55. The van der Waals surface area contributed by atoms with Gasteiger partial charge in [-0.3, -0.25) is 4.79 Å². The second kappa shape index (κ2) is 4.03. The normalized spacial score (nSPS) is 13.5. The maximum atomic E-state index is 12.3. The van der Waals surface area contributed by atoms with E-state index in [4.69, 9.17) is 5.11 Å². The number of carbonyl (C=O) groups is 1. The first-order valence-corrected chi connectivity index (χ1v) is 4.36. The number of hydrogen-bond acceptors (Lipinski definition) is 2. The summed E-state index contributed by atoms with van der Waals surface area (Å²) < 4.78 is 37.0. The number of aromatic hydroxyl groups is 1.